The molecule has 24 heavy (non-hydrogen) atoms. The molecule has 1 fully saturated rings. The lowest BCUT2D eigenvalue weighted by atomic mass is 10.1. The minimum Gasteiger partial charge on any atom is -0.445 e. The number of nitrogens with zero attached hydrogens (tertiary/aromatic N) is 2. The number of rotatable bonds is 6. The van der Waals surface area contributed by atoms with Crippen molar-refractivity contribution in [2.75, 3.05) is 26.2 Å². The van der Waals surface area contributed by atoms with E-state index in [0.717, 1.165) is 12.0 Å². The first kappa shape index (κ1) is 18.3. The van der Waals surface area contributed by atoms with Gasteiger partial charge < -0.3 is 20.3 Å². The molecule has 1 aromatic rings. The van der Waals surface area contributed by atoms with Gasteiger partial charge in [0.05, 0.1) is 6.54 Å². The van der Waals surface area contributed by atoms with Crippen LogP contribution in [0, 0.1) is 5.92 Å². The molecule has 2 amide bonds. The monoisotopic (exact) mass is 333 g/mol. The Labute approximate surface area is 143 Å². The summed E-state index contributed by atoms with van der Waals surface area (Å²) in [4.78, 5) is 27.6. The van der Waals surface area contributed by atoms with Crippen LogP contribution >= 0.6 is 0 Å². The topological polar surface area (TPSA) is 75.9 Å². The van der Waals surface area contributed by atoms with Gasteiger partial charge in [0.1, 0.15) is 6.61 Å². The highest BCUT2D eigenvalue weighted by molar-refractivity contribution is 5.78. The van der Waals surface area contributed by atoms with E-state index in [9.17, 15) is 9.59 Å². The van der Waals surface area contributed by atoms with Crippen LogP contribution in [0.4, 0.5) is 4.79 Å². The number of amides is 2. The van der Waals surface area contributed by atoms with E-state index in [1.165, 1.54) is 0 Å². The molecule has 1 atom stereocenters. The zero-order valence-corrected chi connectivity index (χ0v) is 14.5. The Morgan fingerprint density at radius 1 is 1.33 bits per heavy atom. The van der Waals surface area contributed by atoms with Gasteiger partial charge in [-0.15, -0.1) is 0 Å². The zero-order chi connectivity index (χ0) is 17.5. The molecule has 0 radical (unpaired) electrons. The van der Waals surface area contributed by atoms with Crippen molar-refractivity contribution < 1.29 is 14.3 Å². The molecule has 0 aromatic heterocycles. The summed E-state index contributed by atoms with van der Waals surface area (Å²) in [5.74, 6) is 0.243. The smallest absolute Gasteiger partial charge is 0.410 e. The van der Waals surface area contributed by atoms with Crippen molar-refractivity contribution >= 4 is 12.0 Å². The Balaban J connectivity index is 1.87. The minimum atomic E-state index is -0.308. The maximum Gasteiger partial charge on any atom is 0.410 e. The fourth-order valence-corrected chi connectivity index (χ4v) is 2.91. The van der Waals surface area contributed by atoms with Crippen LogP contribution in [-0.4, -0.2) is 54.0 Å². The van der Waals surface area contributed by atoms with Crippen molar-refractivity contribution in [3.63, 3.8) is 0 Å². The summed E-state index contributed by atoms with van der Waals surface area (Å²) in [6.07, 6.45) is 0.582. The van der Waals surface area contributed by atoms with Crippen LogP contribution in [0.25, 0.3) is 0 Å². The fraction of sp³-hybridized carbons (Fsp3) is 0.556. The first-order valence-electron chi connectivity index (χ1n) is 8.46. The van der Waals surface area contributed by atoms with Gasteiger partial charge in [0.2, 0.25) is 5.91 Å². The van der Waals surface area contributed by atoms with Crippen molar-refractivity contribution in [2.45, 2.75) is 32.9 Å². The van der Waals surface area contributed by atoms with Crippen LogP contribution in [0.2, 0.25) is 0 Å². The number of hydrogen-bond acceptors (Lipinski definition) is 4. The van der Waals surface area contributed by atoms with E-state index in [-0.39, 0.29) is 37.1 Å². The van der Waals surface area contributed by atoms with E-state index in [1.807, 2.05) is 44.2 Å². The van der Waals surface area contributed by atoms with Crippen molar-refractivity contribution in [2.24, 2.45) is 11.7 Å². The quantitative estimate of drug-likeness (QED) is 0.862. The van der Waals surface area contributed by atoms with E-state index in [2.05, 4.69) is 0 Å². The maximum absolute atomic E-state index is 12.4. The Kier molecular flexibility index (Phi) is 6.61. The molecule has 0 saturated carbocycles. The lowest BCUT2D eigenvalue weighted by molar-refractivity contribution is -0.128. The van der Waals surface area contributed by atoms with E-state index < -0.39 is 0 Å². The van der Waals surface area contributed by atoms with Crippen molar-refractivity contribution in [3.05, 3.63) is 35.9 Å². The van der Waals surface area contributed by atoms with E-state index in [4.69, 9.17) is 10.5 Å². The second-order valence-electron chi connectivity index (χ2n) is 6.48. The number of nitrogens with two attached hydrogens (primary N) is 1. The lowest BCUT2D eigenvalue weighted by Crippen LogP contribution is -2.42. The van der Waals surface area contributed by atoms with Crippen molar-refractivity contribution in [3.8, 4) is 0 Å². The van der Waals surface area contributed by atoms with Gasteiger partial charge in [-0.1, -0.05) is 30.3 Å². The van der Waals surface area contributed by atoms with Gasteiger partial charge in [0.25, 0.3) is 0 Å². The van der Waals surface area contributed by atoms with Crippen LogP contribution in [0.15, 0.2) is 30.3 Å². The SMILES string of the molecule is CC(C)N(C[C@H]1CCN(C(=O)CN)C1)C(=O)OCc1ccccc1. The highest BCUT2D eigenvalue weighted by atomic mass is 16.6. The molecule has 1 heterocycles. The molecule has 1 aliphatic heterocycles. The molecule has 1 saturated heterocycles. The van der Waals surface area contributed by atoms with Crippen LogP contribution in [0.1, 0.15) is 25.8 Å². The molecule has 0 spiro atoms. The number of carbonyl (C=O) groups is 2. The summed E-state index contributed by atoms with van der Waals surface area (Å²) in [6.45, 7) is 6.23. The third-order valence-corrected chi connectivity index (χ3v) is 4.33. The van der Waals surface area contributed by atoms with Crippen molar-refractivity contribution in [1.29, 1.82) is 0 Å². The second kappa shape index (κ2) is 8.68. The van der Waals surface area contributed by atoms with E-state index in [0.29, 0.717) is 19.6 Å². The molecule has 0 bridgehead atoms. The molecule has 132 valence electrons. The number of ether oxygens (including phenoxy) is 1. The molecule has 1 aromatic carbocycles. The Bertz CT molecular complexity index is 548. The molecule has 6 nitrogen and oxygen atoms in total. The number of benzene rings is 1. The predicted octanol–water partition coefficient (Wildman–Crippen LogP) is 1.84. The van der Waals surface area contributed by atoms with Gasteiger partial charge in [0, 0.05) is 25.7 Å². The number of carbonyl (C=O) groups excluding carboxylic acids is 2. The fourth-order valence-electron chi connectivity index (χ4n) is 2.91. The first-order chi connectivity index (χ1) is 11.5. The minimum absolute atomic E-state index is 0.0275. The van der Waals surface area contributed by atoms with Gasteiger partial charge in [0.15, 0.2) is 0 Å². The van der Waals surface area contributed by atoms with Crippen LogP contribution < -0.4 is 5.73 Å². The summed E-state index contributed by atoms with van der Waals surface area (Å²) >= 11 is 0. The van der Waals surface area contributed by atoms with Gasteiger partial charge in [-0.2, -0.15) is 0 Å². The molecule has 1 aliphatic rings. The van der Waals surface area contributed by atoms with Gasteiger partial charge >= 0.3 is 6.09 Å². The molecular formula is C18H27N3O3. The first-order valence-corrected chi connectivity index (χ1v) is 8.46. The Morgan fingerprint density at radius 3 is 2.67 bits per heavy atom. The van der Waals surface area contributed by atoms with Crippen LogP contribution in [-0.2, 0) is 16.1 Å². The third-order valence-electron chi connectivity index (χ3n) is 4.33. The Morgan fingerprint density at radius 2 is 2.04 bits per heavy atom. The number of hydrogen-bond donors (Lipinski definition) is 1. The highest BCUT2D eigenvalue weighted by Gasteiger charge is 2.29. The standard InChI is InChI=1S/C18H27N3O3/c1-14(2)21(12-16-8-9-20(11-16)17(22)10-19)18(23)24-13-15-6-4-3-5-7-15/h3-7,14,16H,8-13,19H2,1-2H3/t16-/m0/s1. The largest absolute Gasteiger partial charge is 0.445 e. The number of likely N-dealkylation sites (tertiary alicyclic amines) is 1. The molecule has 0 unspecified atom stereocenters. The molecule has 2 rings (SSSR count). The highest BCUT2D eigenvalue weighted by Crippen LogP contribution is 2.19. The van der Waals surface area contributed by atoms with Crippen molar-refractivity contribution in [1.82, 2.24) is 9.80 Å². The molecule has 2 N–H and O–H groups in total. The van der Waals surface area contributed by atoms with Crippen LogP contribution in [0.3, 0.4) is 0 Å². The average Bonchev–Trinajstić information content (AvgIpc) is 3.06. The lowest BCUT2D eigenvalue weighted by Gasteiger charge is -2.28. The molecule has 6 heteroatoms. The van der Waals surface area contributed by atoms with E-state index >= 15 is 0 Å². The maximum atomic E-state index is 12.4. The zero-order valence-electron chi connectivity index (χ0n) is 14.5. The van der Waals surface area contributed by atoms with Gasteiger partial charge in [-0.3, -0.25) is 4.79 Å². The Hall–Kier alpha value is -2.08. The summed E-state index contributed by atoms with van der Waals surface area (Å²) < 4.78 is 5.44. The normalized spacial score (nSPS) is 17.2. The summed E-state index contributed by atoms with van der Waals surface area (Å²) in [6, 6.07) is 9.68. The third kappa shape index (κ3) is 4.96. The summed E-state index contributed by atoms with van der Waals surface area (Å²) in [5.41, 5.74) is 6.38. The molecule has 0 aliphatic carbocycles. The van der Waals surface area contributed by atoms with Gasteiger partial charge in [-0.05, 0) is 31.7 Å². The summed E-state index contributed by atoms with van der Waals surface area (Å²) in [5, 5.41) is 0. The molecular weight excluding hydrogens is 306 g/mol. The van der Waals surface area contributed by atoms with Crippen LogP contribution in [0.5, 0.6) is 0 Å². The second-order valence-corrected chi connectivity index (χ2v) is 6.48. The summed E-state index contributed by atoms with van der Waals surface area (Å²) in [7, 11) is 0. The van der Waals surface area contributed by atoms with E-state index in [1.54, 1.807) is 9.80 Å². The van der Waals surface area contributed by atoms with Gasteiger partial charge in [-0.25, -0.2) is 4.79 Å². The predicted molar refractivity (Wildman–Crippen MR) is 92.2 cm³/mol. The average molecular weight is 333 g/mol.